The Kier molecular flexibility index (Phi) is 5.74. The van der Waals surface area contributed by atoms with Crippen molar-refractivity contribution in [3.63, 3.8) is 0 Å². The van der Waals surface area contributed by atoms with E-state index in [1.54, 1.807) is 12.1 Å². The van der Waals surface area contributed by atoms with E-state index in [4.69, 9.17) is 0 Å². The number of benzene rings is 2. The van der Waals surface area contributed by atoms with Gasteiger partial charge in [-0.05, 0) is 48.4 Å². The first kappa shape index (κ1) is 16.5. The van der Waals surface area contributed by atoms with Crippen LogP contribution in [0.4, 0.5) is 17.1 Å². The second-order valence-electron chi connectivity index (χ2n) is 5.21. The topological polar surface area (TPSA) is 70.2 Å². The second kappa shape index (κ2) is 7.98. The fourth-order valence-corrected chi connectivity index (χ4v) is 2.09. The van der Waals surface area contributed by atoms with Crippen molar-refractivity contribution in [2.24, 2.45) is 0 Å². The fraction of sp³-hybridized carbons (Fsp3) is 0.222. The van der Waals surface area contributed by atoms with Crippen molar-refractivity contribution in [3.8, 4) is 0 Å². The Hall–Kier alpha value is -2.82. The zero-order chi connectivity index (χ0) is 16.7. The van der Waals surface area contributed by atoms with E-state index in [2.05, 4.69) is 22.9 Å². The summed E-state index contributed by atoms with van der Waals surface area (Å²) in [6.45, 7) is 3.73. The third-order valence-corrected chi connectivity index (χ3v) is 3.30. The number of carbonyl (C=O) groups is 2. The second-order valence-corrected chi connectivity index (χ2v) is 5.21. The first-order valence-electron chi connectivity index (χ1n) is 7.57. The Morgan fingerprint density at radius 2 is 1.35 bits per heavy atom. The molecule has 3 N–H and O–H groups in total. The van der Waals surface area contributed by atoms with E-state index >= 15 is 0 Å². The standard InChI is InChI=1S/C18H21N3O2/c1-3-14-4-6-17(7-5-14)21-18(23)12-19-15-8-10-16(11-9-15)20-13(2)22/h4-11,19H,3,12H2,1-2H3,(H,20,22)(H,21,23). The van der Waals surface area contributed by atoms with E-state index in [0.717, 1.165) is 23.5 Å². The number of hydrogen-bond donors (Lipinski definition) is 3. The molecule has 0 saturated carbocycles. The molecule has 2 rings (SSSR count). The maximum atomic E-state index is 11.9. The molecule has 0 heterocycles. The summed E-state index contributed by atoms with van der Waals surface area (Å²) in [6, 6.07) is 15.0. The zero-order valence-corrected chi connectivity index (χ0v) is 13.3. The van der Waals surface area contributed by atoms with Crippen LogP contribution in [0.5, 0.6) is 0 Å². The molecule has 0 radical (unpaired) electrons. The molecule has 23 heavy (non-hydrogen) atoms. The third kappa shape index (κ3) is 5.47. The van der Waals surface area contributed by atoms with Crippen LogP contribution in [-0.2, 0) is 16.0 Å². The van der Waals surface area contributed by atoms with Gasteiger partial charge in [0.1, 0.15) is 0 Å². The monoisotopic (exact) mass is 311 g/mol. The summed E-state index contributed by atoms with van der Waals surface area (Å²) in [4.78, 5) is 22.9. The van der Waals surface area contributed by atoms with Crippen LogP contribution < -0.4 is 16.0 Å². The van der Waals surface area contributed by atoms with Crippen molar-refractivity contribution in [2.75, 3.05) is 22.5 Å². The Bertz CT molecular complexity index is 664. The van der Waals surface area contributed by atoms with Gasteiger partial charge in [-0.3, -0.25) is 9.59 Å². The summed E-state index contributed by atoms with van der Waals surface area (Å²) in [5, 5.41) is 8.58. The summed E-state index contributed by atoms with van der Waals surface area (Å²) in [7, 11) is 0. The van der Waals surface area contributed by atoms with Crippen LogP contribution in [0.2, 0.25) is 0 Å². The summed E-state index contributed by atoms with van der Waals surface area (Å²) >= 11 is 0. The molecule has 0 aliphatic heterocycles. The lowest BCUT2D eigenvalue weighted by atomic mass is 10.1. The van der Waals surface area contributed by atoms with Gasteiger partial charge in [-0.15, -0.1) is 0 Å². The Balaban J connectivity index is 1.82. The van der Waals surface area contributed by atoms with Crippen LogP contribution in [0.3, 0.4) is 0 Å². The highest BCUT2D eigenvalue weighted by Crippen LogP contribution is 2.13. The smallest absolute Gasteiger partial charge is 0.243 e. The molecule has 2 amide bonds. The lowest BCUT2D eigenvalue weighted by molar-refractivity contribution is -0.115. The Morgan fingerprint density at radius 3 is 1.91 bits per heavy atom. The van der Waals surface area contributed by atoms with Crippen molar-refractivity contribution in [1.29, 1.82) is 0 Å². The first-order valence-corrected chi connectivity index (χ1v) is 7.57. The molecule has 0 aliphatic carbocycles. The van der Waals surface area contributed by atoms with E-state index in [1.807, 2.05) is 36.4 Å². The quantitative estimate of drug-likeness (QED) is 0.767. The lowest BCUT2D eigenvalue weighted by Crippen LogP contribution is -2.21. The molecule has 5 heteroatoms. The molecule has 0 aromatic heterocycles. The molecule has 0 aliphatic rings. The van der Waals surface area contributed by atoms with Crippen LogP contribution >= 0.6 is 0 Å². The highest BCUT2D eigenvalue weighted by atomic mass is 16.2. The van der Waals surface area contributed by atoms with Crippen LogP contribution in [0.1, 0.15) is 19.4 Å². The molecule has 0 fully saturated rings. The van der Waals surface area contributed by atoms with Gasteiger partial charge in [0.2, 0.25) is 11.8 Å². The largest absolute Gasteiger partial charge is 0.376 e. The molecule has 2 aromatic carbocycles. The minimum Gasteiger partial charge on any atom is -0.376 e. The van der Waals surface area contributed by atoms with Gasteiger partial charge in [0.15, 0.2) is 0 Å². The average Bonchev–Trinajstić information content (AvgIpc) is 2.54. The fourth-order valence-electron chi connectivity index (χ4n) is 2.09. The molecule has 2 aromatic rings. The predicted molar refractivity (Wildman–Crippen MR) is 93.7 cm³/mol. The third-order valence-electron chi connectivity index (χ3n) is 3.30. The van der Waals surface area contributed by atoms with Gasteiger partial charge in [-0.1, -0.05) is 19.1 Å². The van der Waals surface area contributed by atoms with Crippen LogP contribution in [0, 0.1) is 0 Å². The molecule has 120 valence electrons. The van der Waals surface area contributed by atoms with Crippen LogP contribution in [0.15, 0.2) is 48.5 Å². The normalized spacial score (nSPS) is 10.0. The summed E-state index contributed by atoms with van der Waals surface area (Å²) in [5.74, 6) is -0.223. The molecule has 0 bridgehead atoms. The molecular formula is C18H21N3O2. The van der Waals surface area contributed by atoms with E-state index < -0.39 is 0 Å². The molecule has 0 atom stereocenters. The van der Waals surface area contributed by atoms with Gasteiger partial charge in [0.05, 0.1) is 6.54 Å². The molecular weight excluding hydrogens is 290 g/mol. The van der Waals surface area contributed by atoms with E-state index in [-0.39, 0.29) is 18.4 Å². The Morgan fingerprint density at radius 1 is 0.826 bits per heavy atom. The number of aryl methyl sites for hydroxylation is 1. The lowest BCUT2D eigenvalue weighted by Gasteiger charge is -2.09. The van der Waals surface area contributed by atoms with E-state index in [9.17, 15) is 9.59 Å². The minimum atomic E-state index is -0.112. The number of carbonyl (C=O) groups excluding carboxylic acids is 2. The molecule has 0 spiro atoms. The highest BCUT2D eigenvalue weighted by Gasteiger charge is 2.03. The maximum Gasteiger partial charge on any atom is 0.243 e. The first-order chi connectivity index (χ1) is 11.1. The van der Waals surface area contributed by atoms with Crippen LogP contribution in [0.25, 0.3) is 0 Å². The molecule has 0 saturated heterocycles. The van der Waals surface area contributed by atoms with Crippen molar-refractivity contribution in [3.05, 3.63) is 54.1 Å². The van der Waals surface area contributed by atoms with Gasteiger partial charge >= 0.3 is 0 Å². The van der Waals surface area contributed by atoms with Gasteiger partial charge in [0, 0.05) is 24.0 Å². The molecule has 5 nitrogen and oxygen atoms in total. The average molecular weight is 311 g/mol. The van der Waals surface area contributed by atoms with E-state index in [1.165, 1.54) is 12.5 Å². The zero-order valence-electron chi connectivity index (χ0n) is 13.3. The summed E-state index contributed by atoms with van der Waals surface area (Å²) < 4.78 is 0. The number of amides is 2. The van der Waals surface area contributed by atoms with Crippen molar-refractivity contribution in [1.82, 2.24) is 0 Å². The van der Waals surface area contributed by atoms with Gasteiger partial charge < -0.3 is 16.0 Å². The van der Waals surface area contributed by atoms with Crippen molar-refractivity contribution >= 4 is 28.9 Å². The number of rotatable bonds is 6. The minimum absolute atomic E-state index is 0.111. The van der Waals surface area contributed by atoms with Gasteiger partial charge in [-0.25, -0.2) is 0 Å². The van der Waals surface area contributed by atoms with Crippen molar-refractivity contribution in [2.45, 2.75) is 20.3 Å². The predicted octanol–water partition coefficient (Wildman–Crippen LogP) is 3.26. The van der Waals surface area contributed by atoms with E-state index in [0.29, 0.717) is 0 Å². The molecule has 0 unspecified atom stereocenters. The van der Waals surface area contributed by atoms with Crippen LogP contribution in [-0.4, -0.2) is 18.4 Å². The van der Waals surface area contributed by atoms with Gasteiger partial charge in [-0.2, -0.15) is 0 Å². The number of anilines is 3. The van der Waals surface area contributed by atoms with Gasteiger partial charge in [0.25, 0.3) is 0 Å². The maximum absolute atomic E-state index is 11.9. The SMILES string of the molecule is CCc1ccc(NC(=O)CNc2ccc(NC(C)=O)cc2)cc1. The highest BCUT2D eigenvalue weighted by molar-refractivity contribution is 5.94. The number of nitrogens with one attached hydrogen (secondary N) is 3. The Labute approximate surface area is 136 Å². The number of hydrogen-bond acceptors (Lipinski definition) is 3. The van der Waals surface area contributed by atoms with Crippen molar-refractivity contribution < 1.29 is 9.59 Å². The summed E-state index contributed by atoms with van der Waals surface area (Å²) in [6.07, 6.45) is 0.976. The summed E-state index contributed by atoms with van der Waals surface area (Å²) in [5.41, 5.74) is 3.56.